The van der Waals surface area contributed by atoms with Crippen molar-refractivity contribution in [2.45, 2.75) is 36.3 Å². The van der Waals surface area contributed by atoms with Gasteiger partial charge in [-0.1, -0.05) is 18.2 Å². The van der Waals surface area contributed by atoms with Crippen molar-refractivity contribution >= 4 is 27.7 Å². The molecule has 2 atom stereocenters. The Labute approximate surface area is 256 Å². The van der Waals surface area contributed by atoms with Crippen molar-refractivity contribution in [3.63, 3.8) is 0 Å². The van der Waals surface area contributed by atoms with E-state index in [0.29, 0.717) is 28.0 Å². The van der Waals surface area contributed by atoms with Crippen molar-refractivity contribution in [3.8, 4) is 11.5 Å². The van der Waals surface area contributed by atoms with Crippen LogP contribution in [0.15, 0.2) is 71.9 Å². The number of fused-ring (bicyclic) bond motifs is 1. The zero-order valence-corrected chi connectivity index (χ0v) is 25.3. The number of carbonyl (C=O) groups excluding carboxylic acids is 3. The Morgan fingerprint density at radius 2 is 1.84 bits per heavy atom. The SMILES string of the molecule is COc1ccc(CCN(C(=O)CN2C(=O)c3ccccc3S2(=O)=O)C(C(=O)NCC2CCCO2)c2ccncc2)cc1OC. The van der Waals surface area contributed by atoms with Crippen LogP contribution in [0.5, 0.6) is 11.5 Å². The molecule has 5 rings (SSSR count). The number of benzene rings is 2. The summed E-state index contributed by atoms with van der Waals surface area (Å²) in [4.78, 5) is 46.3. The Balaban J connectivity index is 1.47. The van der Waals surface area contributed by atoms with Gasteiger partial charge in [-0.2, -0.15) is 0 Å². The number of amides is 3. The third-order valence-electron chi connectivity index (χ3n) is 7.71. The number of hydrogen-bond acceptors (Lipinski definition) is 9. The van der Waals surface area contributed by atoms with E-state index < -0.39 is 40.3 Å². The average Bonchev–Trinajstić information content (AvgIpc) is 3.63. The highest BCUT2D eigenvalue weighted by atomic mass is 32.2. The van der Waals surface area contributed by atoms with E-state index in [-0.39, 0.29) is 36.1 Å². The summed E-state index contributed by atoms with van der Waals surface area (Å²) in [5.74, 6) is -0.952. The molecule has 0 saturated carbocycles. The first-order valence-corrected chi connectivity index (χ1v) is 15.6. The van der Waals surface area contributed by atoms with Gasteiger partial charge in [0.25, 0.3) is 15.9 Å². The highest BCUT2D eigenvalue weighted by molar-refractivity contribution is 7.90. The number of aromatic nitrogens is 1. The van der Waals surface area contributed by atoms with Crippen LogP contribution in [0.3, 0.4) is 0 Å². The Bertz CT molecular complexity index is 1630. The van der Waals surface area contributed by atoms with Gasteiger partial charge in [-0.05, 0) is 66.8 Å². The lowest BCUT2D eigenvalue weighted by Crippen LogP contribution is -2.49. The highest BCUT2D eigenvalue weighted by Gasteiger charge is 2.43. The fraction of sp³-hybridized carbons (Fsp3) is 0.355. The molecule has 0 aliphatic carbocycles. The highest BCUT2D eigenvalue weighted by Crippen LogP contribution is 2.32. The van der Waals surface area contributed by atoms with E-state index in [1.165, 1.54) is 49.7 Å². The smallest absolute Gasteiger partial charge is 0.269 e. The maximum atomic E-state index is 14.1. The number of hydrogen-bond donors (Lipinski definition) is 1. The van der Waals surface area contributed by atoms with Crippen LogP contribution in [0.2, 0.25) is 0 Å². The number of methoxy groups -OCH3 is 2. The number of rotatable bonds is 12. The summed E-state index contributed by atoms with van der Waals surface area (Å²) in [7, 11) is -1.22. The van der Waals surface area contributed by atoms with Gasteiger partial charge in [0.15, 0.2) is 11.5 Å². The van der Waals surface area contributed by atoms with Gasteiger partial charge in [0.05, 0.1) is 25.9 Å². The lowest BCUT2D eigenvalue weighted by Gasteiger charge is -2.32. The minimum Gasteiger partial charge on any atom is -0.493 e. The standard InChI is InChI=1S/C31H34N4O8S/c1-41-25-10-9-21(18-26(25)42-2)13-16-34(28(36)20-35-31(38)24-7-3-4-8-27(24)44(35,39)40)29(22-11-14-32-15-12-22)30(37)33-19-23-6-5-17-43-23/h3-4,7-12,14-15,18,23,29H,5-6,13,16-17,19-20H2,1-2H3,(H,33,37). The number of carbonyl (C=O) groups is 3. The maximum absolute atomic E-state index is 14.1. The van der Waals surface area contributed by atoms with E-state index >= 15 is 0 Å². The van der Waals surface area contributed by atoms with E-state index in [4.69, 9.17) is 14.2 Å². The normalized spacial score (nSPS) is 17.5. The largest absolute Gasteiger partial charge is 0.493 e. The molecule has 2 aromatic carbocycles. The van der Waals surface area contributed by atoms with Crippen LogP contribution in [0, 0.1) is 0 Å². The van der Waals surface area contributed by atoms with Crippen molar-refractivity contribution in [2.24, 2.45) is 0 Å². The molecular weight excluding hydrogens is 588 g/mol. The van der Waals surface area contributed by atoms with E-state index in [0.717, 1.165) is 18.4 Å². The summed E-state index contributed by atoms with van der Waals surface area (Å²) in [6, 6.07) is 13.2. The van der Waals surface area contributed by atoms with Gasteiger partial charge in [0, 0.05) is 32.1 Å². The van der Waals surface area contributed by atoms with Gasteiger partial charge in [-0.3, -0.25) is 19.4 Å². The maximum Gasteiger partial charge on any atom is 0.269 e. The summed E-state index contributed by atoms with van der Waals surface area (Å²) in [5.41, 5.74) is 1.26. The van der Waals surface area contributed by atoms with Crippen LogP contribution in [-0.2, 0) is 30.8 Å². The molecule has 1 aromatic heterocycles. The van der Waals surface area contributed by atoms with Crippen LogP contribution in [0.1, 0.15) is 40.4 Å². The molecule has 1 N–H and O–H groups in total. The molecular formula is C31H34N4O8S. The minimum absolute atomic E-state index is 0.00262. The quantitative estimate of drug-likeness (QED) is 0.322. The first kappa shape index (κ1) is 31.0. The fourth-order valence-electron chi connectivity index (χ4n) is 5.42. The van der Waals surface area contributed by atoms with E-state index in [9.17, 15) is 22.8 Å². The molecule has 2 aliphatic rings. The summed E-state index contributed by atoms with van der Waals surface area (Å²) >= 11 is 0. The molecule has 12 nitrogen and oxygen atoms in total. The molecule has 1 fully saturated rings. The Hall–Kier alpha value is -4.49. The number of nitrogens with one attached hydrogen (secondary N) is 1. The predicted octanol–water partition coefficient (Wildman–Crippen LogP) is 2.35. The van der Waals surface area contributed by atoms with Gasteiger partial charge in [0.2, 0.25) is 11.8 Å². The van der Waals surface area contributed by atoms with Gasteiger partial charge >= 0.3 is 0 Å². The average molecular weight is 623 g/mol. The summed E-state index contributed by atoms with van der Waals surface area (Å²) < 4.78 is 43.6. The summed E-state index contributed by atoms with van der Waals surface area (Å²) in [6.45, 7) is 0.115. The summed E-state index contributed by atoms with van der Waals surface area (Å²) in [5, 5.41) is 2.91. The van der Waals surface area contributed by atoms with Crippen molar-refractivity contribution in [1.82, 2.24) is 19.5 Å². The molecule has 2 unspecified atom stereocenters. The van der Waals surface area contributed by atoms with Crippen molar-refractivity contribution < 1.29 is 37.0 Å². The van der Waals surface area contributed by atoms with Crippen molar-refractivity contribution in [3.05, 3.63) is 83.7 Å². The number of pyridine rings is 1. The van der Waals surface area contributed by atoms with Gasteiger partial charge in [-0.25, -0.2) is 12.7 Å². The topological polar surface area (TPSA) is 144 Å². The lowest BCUT2D eigenvalue weighted by atomic mass is 10.0. The third kappa shape index (κ3) is 6.38. The molecule has 44 heavy (non-hydrogen) atoms. The summed E-state index contributed by atoms with van der Waals surface area (Å²) in [6.07, 6.45) is 4.87. The number of ether oxygens (including phenoxy) is 3. The molecule has 0 spiro atoms. The number of sulfonamides is 1. The molecule has 0 radical (unpaired) electrons. The van der Waals surface area contributed by atoms with Gasteiger partial charge in [-0.15, -0.1) is 0 Å². The lowest BCUT2D eigenvalue weighted by molar-refractivity contribution is -0.141. The molecule has 232 valence electrons. The van der Waals surface area contributed by atoms with E-state index in [2.05, 4.69) is 10.3 Å². The molecule has 1 saturated heterocycles. The zero-order chi connectivity index (χ0) is 31.3. The molecule has 3 heterocycles. The fourth-order valence-corrected chi connectivity index (χ4v) is 6.94. The molecule has 2 aliphatic heterocycles. The van der Waals surface area contributed by atoms with Crippen LogP contribution < -0.4 is 14.8 Å². The van der Waals surface area contributed by atoms with E-state index in [1.54, 1.807) is 30.3 Å². The monoisotopic (exact) mass is 622 g/mol. The van der Waals surface area contributed by atoms with Crippen LogP contribution in [0.25, 0.3) is 0 Å². The van der Waals surface area contributed by atoms with E-state index in [1.807, 2.05) is 6.07 Å². The zero-order valence-electron chi connectivity index (χ0n) is 24.5. The molecule has 3 amide bonds. The second-order valence-electron chi connectivity index (χ2n) is 10.4. The molecule has 3 aromatic rings. The third-order valence-corrected chi connectivity index (χ3v) is 9.50. The van der Waals surface area contributed by atoms with Gasteiger partial charge in [0.1, 0.15) is 17.5 Å². The minimum atomic E-state index is -4.26. The Morgan fingerprint density at radius 1 is 1.09 bits per heavy atom. The Morgan fingerprint density at radius 3 is 2.52 bits per heavy atom. The Kier molecular flexibility index (Phi) is 9.45. The van der Waals surface area contributed by atoms with Crippen LogP contribution in [0.4, 0.5) is 0 Å². The first-order valence-electron chi connectivity index (χ1n) is 14.2. The predicted molar refractivity (Wildman–Crippen MR) is 159 cm³/mol. The van der Waals surface area contributed by atoms with Crippen LogP contribution in [-0.4, -0.2) is 86.9 Å². The first-order chi connectivity index (χ1) is 21.2. The van der Waals surface area contributed by atoms with Crippen LogP contribution >= 0.6 is 0 Å². The molecule has 13 heteroatoms. The van der Waals surface area contributed by atoms with Gasteiger partial charge < -0.3 is 24.4 Å². The second-order valence-corrected chi connectivity index (χ2v) is 12.2. The second kappa shape index (κ2) is 13.4. The number of nitrogens with zero attached hydrogens (tertiary/aromatic N) is 3. The van der Waals surface area contributed by atoms with Crippen molar-refractivity contribution in [1.29, 1.82) is 0 Å². The molecule has 0 bridgehead atoms. The van der Waals surface area contributed by atoms with Crippen molar-refractivity contribution in [2.75, 3.05) is 40.5 Å².